The lowest BCUT2D eigenvalue weighted by Gasteiger charge is -2.67. The summed E-state index contributed by atoms with van der Waals surface area (Å²) in [5.41, 5.74) is 0.850. The van der Waals surface area contributed by atoms with Crippen molar-refractivity contribution in [1.29, 1.82) is 0 Å². The van der Waals surface area contributed by atoms with E-state index in [1.54, 1.807) is 24.3 Å². The van der Waals surface area contributed by atoms with Crippen LogP contribution < -0.4 is 0 Å². The van der Waals surface area contributed by atoms with Crippen molar-refractivity contribution in [1.82, 2.24) is 0 Å². The molecular weight excluding hydrogens is 469 g/mol. The van der Waals surface area contributed by atoms with Crippen molar-refractivity contribution in [3.63, 3.8) is 0 Å². The highest BCUT2D eigenvalue weighted by Gasteiger charge is 2.70. The first-order chi connectivity index (χ1) is 12.9. The van der Waals surface area contributed by atoms with Crippen LogP contribution in [-0.4, -0.2) is 15.6 Å². The summed E-state index contributed by atoms with van der Waals surface area (Å²) >= 11 is 2.50. The highest BCUT2D eigenvalue weighted by molar-refractivity contribution is 14.1. The van der Waals surface area contributed by atoms with E-state index in [1.807, 2.05) is 6.92 Å². The number of benzene rings is 1. The molecule has 3 fully saturated rings. The summed E-state index contributed by atoms with van der Waals surface area (Å²) in [5.74, 6) is -3.45. The minimum absolute atomic E-state index is 0.0950. The first kappa shape index (κ1) is 20.7. The lowest BCUT2D eigenvalue weighted by atomic mass is 9.38. The third-order valence-electron chi connectivity index (χ3n) is 8.78. The lowest BCUT2D eigenvalue weighted by molar-refractivity contribution is -0.196. The summed E-state index contributed by atoms with van der Waals surface area (Å²) in [4.78, 5) is 12.8. The van der Waals surface area contributed by atoms with Crippen molar-refractivity contribution in [2.24, 2.45) is 28.1 Å². The van der Waals surface area contributed by atoms with Gasteiger partial charge in [-0.15, -0.1) is 0 Å². The van der Waals surface area contributed by atoms with Gasteiger partial charge in [-0.25, -0.2) is 0 Å². The van der Waals surface area contributed by atoms with Gasteiger partial charge in [0.05, 0.1) is 0 Å². The number of hydrogen-bond donors (Lipinski definition) is 0. The molecule has 0 saturated heterocycles. The highest BCUT2D eigenvalue weighted by Crippen LogP contribution is 2.76. The van der Waals surface area contributed by atoms with E-state index in [2.05, 4.69) is 43.4 Å². The minimum Gasteiger partial charge on any atom is -0.287 e. The number of aryl methyl sites for hydroxylation is 1. The van der Waals surface area contributed by atoms with E-state index < -0.39 is 17.1 Å². The van der Waals surface area contributed by atoms with Crippen LogP contribution in [0.5, 0.6) is 0 Å². The number of carbonyl (C=O) groups is 1. The Morgan fingerprint density at radius 3 is 2.36 bits per heavy atom. The molecule has 3 aliphatic rings. The second-order valence-corrected chi connectivity index (χ2v) is 12.1. The van der Waals surface area contributed by atoms with Gasteiger partial charge in [0.15, 0.2) is 0 Å². The average Bonchev–Trinajstić information content (AvgIpc) is 2.86. The number of Topliss-reactive ketones (excluding diaryl/α,β-unsaturated/α-hetero) is 1. The summed E-state index contributed by atoms with van der Waals surface area (Å²) in [6.07, 6.45) is 4.74. The molecule has 0 amide bonds. The molecule has 0 aliphatic heterocycles. The largest absolute Gasteiger partial charge is 0.310 e. The molecule has 5 atom stereocenters. The Labute approximate surface area is 181 Å². The van der Waals surface area contributed by atoms with Crippen LogP contribution >= 0.6 is 22.6 Å². The second kappa shape index (κ2) is 6.49. The third-order valence-corrected chi connectivity index (χ3v) is 10.8. The normalized spacial score (nSPS) is 39.0. The smallest absolute Gasteiger partial charge is 0.287 e. The summed E-state index contributed by atoms with van der Waals surface area (Å²) in [7, 11) is 0. The molecule has 4 rings (SSSR count). The van der Waals surface area contributed by atoms with E-state index in [-0.39, 0.29) is 22.8 Å². The van der Waals surface area contributed by atoms with Crippen molar-refractivity contribution in [3.05, 3.63) is 35.4 Å². The quantitative estimate of drug-likeness (QED) is 0.242. The molecule has 0 radical (unpaired) electrons. The maximum absolute atomic E-state index is 15.5. The zero-order valence-electron chi connectivity index (χ0n) is 17.3. The standard InChI is InChI=1S/C24H31F2IO/c1-15-5-7-16(8-6-15)20(28)24(25,26)14-23-12-10-19(27)22(23,4)11-9-17-18(23)13-21(17,2)3/h5-8,17-19H,9-14H2,1-4H3/t17-,18+,19?,22?,23?/m1/s1. The van der Waals surface area contributed by atoms with Crippen LogP contribution in [0.1, 0.15) is 75.2 Å². The second-order valence-electron chi connectivity index (χ2n) is 10.6. The first-order valence-corrected chi connectivity index (χ1v) is 11.8. The van der Waals surface area contributed by atoms with E-state index >= 15 is 8.78 Å². The topological polar surface area (TPSA) is 17.1 Å². The van der Waals surface area contributed by atoms with Gasteiger partial charge in [-0.2, -0.15) is 8.78 Å². The molecule has 3 aliphatic carbocycles. The van der Waals surface area contributed by atoms with Crippen LogP contribution in [0.4, 0.5) is 8.78 Å². The van der Waals surface area contributed by atoms with E-state index in [4.69, 9.17) is 0 Å². The molecule has 154 valence electrons. The Morgan fingerprint density at radius 2 is 1.75 bits per heavy atom. The molecule has 1 aromatic carbocycles. The number of fused-ring (bicyclic) bond motifs is 3. The Morgan fingerprint density at radius 1 is 1.11 bits per heavy atom. The van der Waals surface area contributed by atoms with Gasteiger partial charge < -0.3 is 0 Å². The Bertz CT molecular complexity index is 786. The van der Waals surface area contributed by atoms with Crippen molar-refractivity contribution in [2.75, 3.05) is 0 Å². The van der Waals surface area contributed by atoms with E-state index in [9.17, 15) is 4.79 Å². The van der Waals surface area contributed by atoms with Crippen LogP contribution in [-0.2, 0) is 0 Å². The lowest BCUT2D eigenvalue weighted by Crippen LogP contribution is -2.62. The molecule has 0 bridgehead atoms. The number of rotatable bonds is 4. The molecule has 1 aromatic rings. The predicted octanol–water partition coefficient (Wildman–Crippen LogP) is 7.25. The van der Waals surface area contributed by atoms with Crippen LogP contribution in [0.3, 0.4) is 0 Å². The molecule has 3 saturated carbocycles. The van der Waals surface area contributed by atoms with Gasteiger partial charge in [0, 0.05) is 15.9 Å². The summed E-state index contributed by atoms with van der Waals surface area (Å²) in [5, 5.41) is 0. The predicted molar refractivity (Wildman–Crippen MR) is 117 cm³/mol. The zero-order valence-corrected chi connectivity index (χ0v) is 19.5. The first-order valence-electron chi connectivity index (χ1n) is 10.6. The SMILES string of the molecule is Cc1ccc(C(=O)C(F)(F)CC23CCC(I)C2(C)CC[C@@H]2[C@@H]3CC2(C)C)cc1. The molecule has 4 heteroatoms. The van der Waals surface area contributed by atoms with E-state index in [1.165, 1.54) is 0 Å². The van der Waals surface area contributed by atoms with Gasteiger partial charge in [-0.3, -0.25) is 4.79 Å². The minimum atomic E-state index is -3.31. The van der Waals surface area contributed by atoms with Gasteiger partial charge in [0.2, 0.25) is 5.78 Å². The molecule has 0 N–H and O–H groups in total. The zero-order chi connectivity index (χ0) is 20.5. The number of halogens is 3. The van der Waals surface area contributed by atoms with E-state index in [0.717, 1.165) is 37.7 Å². The number of ketones is 1. The molecule has 0 heterocycles. The number of carbonyl (C=O) groups excluding carboxylic acids is 1. The summed E-state index contributed by atoms with van der Waals surface area (Å²) < 4.78 is 31.4. The maximum Gasteiger partial charge on any atom is 0.310 e. The number of hydrogen-bond acceptors (Lipinski definition) is 1. The van der Waals surface area contributed by atoms with Crippen LogP contribution in [0.15, 0.2) is 24.3 Å². The Hall–Kier alpha value is -0.520. The van der Waals surface area contributed by atoms with Gasteiger partial charge in [-0.05, 0) is 67.1 Å². The van der Waals surface area contributed by atoms with Crippen LogP contribution in [0.25, 0.3) is 0 Å². The Balaban J connectivity index is 1.68. The monoisotopic (exact) mass is 500 g/mol. The molecule has 0 spiro atoms. The summed E-state index contributed by atoms with van der Waals surface area (Å²) in [6, 6.07) is 6.59. The average molecular weight is 500 g/mol. The molecule has 28 heavy (non-hydrogen) atoms. The molecule has 3 unspecified atom stereocenters. The van der Waals surface area contributed by atoms with E-state index in [0.29, 0.717) is 15.8 Å². The third kappa shape index (κ3) is 2.83. The molecule has 1 nitrogen and oxygen atoms in total. The van der Waals surface area contributed by atoms with Crippen molar-refractivity contribution >= 4 is 28.4 Å². The fourth-order valence-corrected chi connectivity index (χ4v) is 8.24. The maximum atomic E-state index is 15.5. The van der Waals surface area contributed by atoms with Crippen molar-refractivity contribution in [2.45, 2.75) is 76.1 Å². The van der Waals surface area contributed by atoms with Crippen LogP contribution in [0, 0.1) is 35.0 Å². The summed E-state index contributed by atoms with van der Waals surface area (Å²) in [6.45, 7) is 8.72. The van der Waals surface area contributed by atoms with Gasteiger partial charge in [-0.1, -0.05) is 73.2 Å². The number of alkyl halides is 3. The van der Waals surface area contributed by atoms with Crippen molar-refractivity contribution in [3.8, 4) is 0 Å². The highest BCUT2D eigenvalue weighted by atomic mass is 127. The van der Waals surface area contributed by atoms with Crippen molar-refractivity contribution < 1.29 is 13.6 Å². The Kier molecular flexibility index (Phi) is 4.81. The van der Waals surface area contributed by atoms with Gasteiger partial charge in [0.25, 0.3) is 0 Å². The fraction of sp³-hybridized carbons (Fsp3) is 0.708. The van der Waals surface area contributed by atoms with Gasteiger partial charge in [0.1, 0.15) is 0 Å². The van der Waals surface area contributed by atoms with Gasteiger partial charge >= 0.3 is 5.92 Å². The molecular formula is C24H31F2IO. The molecule has 0 aromatic heterocycles. The fourth-order valence-electron chi connectivity index (χ4n) is 7.00. The van der Waals surface area contributed by atoms with Crippen LogP contribution in [0.2, 0.25) is 0 Å².